The van der Waals surface area contributed by atoms with Crippen molar-refractivity contribution in [3.63, 3.8) is 0 Å². The summed E-state index contributed by atoms with van der Waals surface area (Å²) in [6, 6.07) is 11.4. The fourth-order valence-electron chi connectivity index (χ4n) is 1.61. The Morgan fingerprint density at radius 2 is 1.90 bits per heavy atom. The van der Waals surface area contributed by atoms with Crippen LogP contribution in [-0.2, 0) is 10.0 Å². The molecule has 0 aliphatic heterocycles. The summed E-state index contributed by atoms with van der Waals surface area (Å²) in [5.74, 6) is 0. The molecule has 0 amide bonds. The summed E-state index contributed by atoms with van der Waals surface area (Å²) in [7, 11) is -2.16. The molecule has 2 N–H and O–H groups in total. The van der Waals surface area contributed by atoms with E-state index in [4.69, 9.17) is 5.26 Å². The number of nitrogens with one attached hydrogen (secondary N) is 2. The molecule has 1 aromatic carbocycles. The van der Waals surface area contributed by atoms with Crippen LogP contribution in [0.3, 0.4) is 0 Å². The summed E-state index contributed by atoms with van der Waals surface area (Å²) in [5.41, 5.74) is 1.24. The number of rotatable bonds is 4. The number of hydrogen-bond donors (Lipinski definition) is 2. The van der Waals surface area contributed by atoms with Crippen molar-refractivity contribution in [2.24, 2.45) is 0 Å². The molecule has 2 rings (SSSR count). The van der Waals surface area contributed by atoms with E-state index in [0.29, 0.717) is 16.9 Å². The molecule has 0 saturated heterocycles. The molecule has 0 aliphatic carbocycles. The van der Waals surface area contributed by atoms with Crippen molar-refractivity contribution in [1.82, 2.24) is 4.98 Å². The van der Waals surface area contributed by atoms with E-state index >= 15 is 0 Å². The fraction of sp³-hybridized carbons (Fsp3) is 0.0769. The van der Waals surface area contributed by atoms with Crippen molar-refractivity contribution in [1.29, 1.82) is 5.26 Å². The fourth-order valence-corrected chi connectivity index (χ4v) is 2.81. The highest BCUT2D eigenvalue weighted by Gasteiger charge is 2.19. The summed E-state index contributed by atoms with van der Waals surface area (Å²) in [5, 5.41) is 11.4. The zero-order chi connectivity index (χ0) is 14.6. The summed E-state index contributed by atoms with van der Waals surface area (Å²) in [6.07, 6.45) is 1.41. The molecule has 1 aromatic heterocycles. The molecule has 0 spiro atoms. The van der Waals surface area contributed by atoms with Crippen LogP contribution in [0.15, 0.2) is 47.6 Å². The summed E-state index contributed by atoms with van der Waals surface area (Å²) >= 11 is 0. The van der Waals surface area contributed by atoms with Crippen LogP contribution in [0.1, 0.15) is 5.56 Å². The van der Waals surface area contributed by atoms with E-state index in [1.807, 2.05) is 6.07 Å². The van der Waals surface area contributed by atoms with Gasteiger partial charge in [-0.25, -0.2) is 4.98 Å². The average molecular weight is 288 g/mol. The standard InChI is InChI=1S/C13H12N4O2S/c1-15-12-3-2-8-16-13(12)20(18,19)17-11-6-4-10(9-14)5-7-11/h2-8,15,17H,1H3. The number of aromatic nitrogens is 1. The van der Waals surface area contributed by atoms with E-state index in [0.717, 1.165) is 0 Å². The molecule has 2 aromatic rings. The lowest BCUT2D eigenvalue weighted by Gasteiger charge is -2.10. The third-order valence-electron chi connectivity index (χ3n) is 2.56. The topological polar surface area (TPSA) is 94.9 Å². The van der Waals surface area contributed by atoms with E-state index in [9.17, 15) is 8.42 Å². The first-order chi connectivity index (χ1) is 9.56. The lowest BCUT2D eigenvalue weighted by molar-refractivity contribution is 0.598. The van der Waals surface area contributed by atoms with E-state index in [1.54, 1.807) is 19.2 Å². The monoisotopic (exact) mass is 288 g/mol. The first-order valence-corrected chi connectivity index (χ1v) is 7.21. The van der Waals surface area contributed by atoms with Crippen LogP contribution in [0.25, 0.3) is 0 Å². The van der Waals surface area contributed by atoms with Crippen molar-refractivity contribution < 1.29 is 8.42 Å². The van der Waals surface area contributed by atoms with E-state index in [-0.39, 0.29) is 5.03 Å². The Balaban J connectivity index is 2.33. The highest BCUT2D eigenvalue weighted by Crippen LogP contribution is 2.20. The molecule has 20 heavy (non-hydrogen) atoms. The molecule has 7 heteroatoms. The third kappa shape index (κ3) is 2.87. The van der Waals surface area contributed by atoms with Crippen LogP contribution in [0.2, 0.25) is 0 Å². The molecule has 0 atom stereocenters. The van der Waals surface area contributed by atoms with Gasteiger partial charge in [-0.05, 0) is 36.4 Å². The highest BCUT2D eigenvalue weighted by molar-refractivity contribution is 7.92. The minimum atomic E-state index is -3.78. The van der Waals surface area contributed by atoms with Crippen molar-refractivity contribution >= 4 is 21.4 Å². The number of hydrogen-bond acceptors (Lipinski definition) is 5. The second-order valence-electron chi connectivity index (χ2n) is 3.90. The Morgan fingerprint density at radius 1 is 1.20 bits per heavy atom. The van der Waals surface area contributed by atoms with Crippen LogP contribution in [0.5, 0.6) is 0 Å². The number of anilines is 2. The maximum atomic E-state index is 12.3. The van der Waals surface area contributed by atoms with Crippen LogP contribution in [0, 0.1) is 11.3 Å². The van der Waals surface area contributed by atoms with Crippen molar-refractivity contribution in [3.05, 3.63) is 48.2 Å². The van der Waals surface area contributed by atoms with Gasteiger partial charge in [0.25, 0.3) is 10.0 Å². The normalized spacial score (nSPS) is 10.6. The zero-order valence-electron chi connectivity index (χ0n) is 10.7. The van der Waals surface area contributed by atoms with Gasteiger partial charge in [0.15, 0.2) is 5.03 Å². The Morgan fingerprint density at radius 3 is 2.50 bits per heavy atom. The van der Waals surface area contributed by atoms with Gasteiger partial charge in [-0.15, -0.1) is 0 Å². The smallest absolute Gasteiger partial charge is 0.281 e. The number of benzene rings is 1. The molecule has 0 bridgehead atoms. The Bertz CT molecular complexity index is 749. The Labute approximate surface area is 117 Å². The average Bonchev–Trinajstić information content (AvgIpc) is 2.47. The molecular weight excluding hydrogens is 276 g/mol. The summed E-state index contributed by atoms with van der Waals surface area (Å²) in [6.45, 7) is 0. The quantitative estimate of drug-likeness (QED) is 0.894. The van der Waals surface area contributed by atoms with Gasteiger partial charge in [-0.2, -0.15) is 13.7 Å². The molecule has 102 valence electrons. The van der Waals surface area contributed by atoms with Gasteiger partial charge in [-0.3, -0.25) is 4.72 Å². The van der Waals surface area contributed by atoms with Gasteiger partial charge in [0, 0.05) is 18.9 Å². The number of nitrogens with zero attached hydrogens (tertiary/aromatic N) is 2. The first-order valence-electron chi connectivity index (χ1n) is 5.72. The van der Waals surface area contributed by atoms with Crippen LogP contribution in [0.4, 0.5) is 11.4 Å². The van der Waals surface area contributed by atoms with E-state index in [2.05, 4.69) is 15.0 Å². The van der Waals surface area contributed by atoms with Crippen molar-refractivity contribution in [3.8, 4) is 6.07 Å². The number of pyridine rings is 1. The molecule has 0 fully saturated rings. The van der Waals surface area contributed by atoms with Crippen LogP contribution < -0.4 is 10.0 Å². The Hall–Kier alpha value is -2.59. The largest absolute Gasteiger partial charge is 0.386 e. The van der Waals surface area contributed by atoms with Gasteiger partial charge in [-0.1, -0.05) is 0 Å². The Kier molecular flexibility index (Phi) is 3.86. The molecule has 6 nitrogen and oxygen atoms in total. The second kappa shape index (κ2) is 5.59. The SMILES string of the molecule is CNc1cccnc1S(=O)(=O)Nc1ccc(C#N)cc1. The van der Waals surface area contributed by atoms with Crippen LogP contribution in [-0.4, -0.2) is 20.4 Å². The molecule has 0 aliphatic rings. The lowest BCUT2D eigenvalue weighted by Crippen LogP contribution is -2.16. The number of sulfonamides is 1. The summed E-state index contributed by atoms with van der Waals surface area (Å²) < 4.78 is 26.9. The van der Waals surface area contributed by atoms with Gasteiger partial charge in [0.05, 0.1) is 17.3 Å². The highest BCUT2D eigenvalue weighted by atomic mass is 32.2. The molecule has 1 heterocycles. The molecular formula is C13H12N4O2S. The van der Waals surface area contributed by atoms with Gasteiger partial charge < -0.3 is 5.32 Å². The predicted molar refractivity (Wildman–Crippen MR) is 75.7 cm³/mol. The molecule has 0 unspecified atom stereocenters. The van der Waals surface area contributed by atoms with Crippen molar-refractivity contribution in [2.45, 2.75) is 5.03 Å². The predicted octanol–water partition coefficient (Wildman–Crippen LogP) is 1.80. The third-order valence-corrected chi connectivity index (χ3v) is 3.90. The van der Waals surface area contributed by atoms with E-state index in [1.165, 1.54) is 30.5 Å². The maximum absolute atomic E-state index is 12.3. The number of nitriles is 1. The molecule has 0 radical (unpaired) electrons. The van der Waals surface area contributed by atoms with E-state index < -0.39 is 10.0 Å². The van der Waals surface area contributed by atoms with Crippen LogP contribution >= 0.6 is 0 Å². The lowest BCUT2D eigenvalue weighted by atomic mass is 10.2. The van der Waals surface area contributed by atoms with Gasteiger partial charge in [0.1, 0.15) is 0 Å². The van der Waals surface area contributed by atoms with Gasteiger partial charge >= 0.3 is 0 Å². The summed E-state index contributed by atoms with van der Waals surface area (Å²) in [4.78, 5) is 3.89. The van der Waals surface area contributed by atoms with Crippen molar-refractivity contribution in [2.75, 3.05) is 17.1 Å². The minimum absolute atomic E-state index is 0.0770. The van der Waals surface area contributed by atoms with Gasteiger partial charge in [0.2, 0.25) is 0 Å². The maximum Gasteiger partial charge on any atom is 0.281 e. The second-order valence-corrected chi connectivity index (χ2v) is 5.50. The molecule has 0 saturated carbocycles. The minimum Gasteiger partial charge on any atom is -0.386 e. The zero-order valence-corrected chi connectivity index (χ0v) is 11.5. The first kappa shape index (κ1) is 13.8.